The Balaban J connectivity index is 1.65. The molecule has 0 aromatic heterocycles. The highest BCUT2D eigenvalue weighted by Gasteiger charge is 2.43. The summed E-state index contributed by atoms with van der Waals surface area (Å²) < 4.78 is 5.48. The van der Waals surface area contributed by atoms with E-state index in [2.05, 4.69) is 11.8 Å². The maximum Gasteiger partial charge on any atom is 0.410 e. The number of carbonyl (C=O) groups excluding carboxylic acids is 2. The van der Waals surface area contributed by atoms with Crippen LogP contribution < -0.4 is 4.90 Å². The first-order chi connectivity index (χ1) is 11.3. The first kappa shape index (κ1) is 16.8. The number of benzene rings is 1. The number of anilines is 1. The van der Waals surface area contributed by atoms with Gasteiger partial charge in [0.15, 0.2) is 0 Å². The smallest absolute Gasteiger partial charge is 0.410 e. The van der Waals surface area contributed by atoms with Crippen molar-refractivity contribution in [2.75, 3.05) is 31.1 Å². The summed E-state index contributed by atoms with van der Waals surface area (Å²) in [5.74, 6) is 0.939. The van der Waals surface area contributed by atoms with Gasteiger partial charge >= 0.3 is 6.09 Å². The number of ether oxygens (including phenoxy) is 1. The predicted octanol–water partition coefficient (Wildman–Crippen LogP) is 3.11. The highest BCUT2D eigenvalue weighted by molar-refractivity contribution is 5.78. The number of rotatable bonds is 2. The second-order valence-corrected chi connectivity index (χ2v) is 7.97. The fourth-order valence-electron chi connectivity index (χ4n) is 3.71. The number of aldehydes is 1. The van der Waals surface area contributed by atoms with E-state index >= 15 is 0 Å². The van der Waals surface area contributed by atoms with Crippen molar-refractivity contribution in [3.05, 3.63) is 29.3 Å². The molecule has 1 aromatic rings. The van der Waals surface area contributed by atoms with Gasteiger partial charge in [0, 0.05) is 49.3 Å². The van der Waals surface area contributed by atoms with E-state index in [0.717, 1.165) is 38.2 Å². The normalized spacial score (nSPS) is 23.3. The van der Waals surface area contributed by atoms with E-state index in [1.54, 1.807) is 0 Å². The Morgan fingerprint density at radius 1 is 1.17 bits per heavy atom. The van der Waals surface area contributed by atoms with Gasteiger partial charge in [0.2, 0.25) is 0 Å². The maximum atomic E-state index is 12.2. The van der Waals surface area contributed by atoms with E-state index in [-0.39, 0.29) is 6.09 Å². The van der Waals surface area contributed by atoms with Crippen molar-refractivity contribution < 1.29 is 14.3 Å². The van der Waals surface area contributed by atoms with Crippen LogP contribution in [-0.2, 0) is 4.74 Å². The largest absolute Gasteiger partial charge is 0.444 e. The third kappa shape index (κ3) is 3.40. The first-order valence-electron chi connectivity index (χ1n) is 8.55. The predicted molar refractivity (Wildman–Crippen MR) is 93.6 cm³/mol. The topological polar surface area (TPSA) is 49.9 Å². The highest BCUT2D eigenvalue weighted by Crippen LogP contribution is 2.35. The lowest BCUT2D eigenvalue weighted by atomic mass is 10.0. The number of amides is 1. The van der Waals surface area contributed by atoms with Crippen molar-refractivity contribution in [1.29, 1.82) is 0 Å². The van der Waals surface area contributed by atoms with Crippen LogP contribution in [0.1, 0.15) is 36.7 Å². The molecule has 2 aliphatic rings. The molecule has 1 amide bonds. The summed E-state index contributed by atoms with van der Waals surface area (Å²) in [5.41, 5.74) is 2.58. The number of carbonyl (C=O) groups is 2. The van der Waals surface area contributed by atoms with Gasteiger partial charge in [-0.25, -0.2) is 4.79 Å². The average molecular weight is 330 g/mol. The maximum absolute atomic E-state index is 12.2. The fraction of sp³-hybridized carbons (Fsp3) is 0.579. The van der Waals surface area contributed by atoms with Crippen LogP contribution in [0.15, 0.2) is 18.2 Å². The third-order valence-electron chi connectivity index (χ3n) is 4.85. The minimum Gasteiger partial charge on any atom is -0.444 e. The van der Waals surface area contributed by atoms with E-state index in [4.69, 9.17) is 4.74 Å². The summed E-state index contributed by atoms with van der Waals surface area (Å²) in [6, 6.07) is 5.82. The monoisotopic (exact) mass is 330 g/mol. The number of hydrogen-bond donors (Lipinski definition) is 0. The second-order valence-electron chi connectivity index (χ2n) is 7.97. The lowest BCUT2D eigenvalue weighted by Gasteiger charge is -2.27. The van der Waals surface area contributed by atoms with Gasteiger partial charge in [0.25, 0.3) is 0 Å². The zero-order valence-corrected chi connectivity index (χ0v) is 14.9. The Labute approximate surface area is 143 Å². The van der Waals surface area contributed by atoms with Crippen LogP contribution in [0.3, 0.4) is 0 Å². The van der Waals surface area contributed by atoms with Crippen molar-refractivity contribution in [3.8, 4) is 0 Å². The van der Waals surface area contributed by atoms with Gasteiger partial charge < -0.3 is 14.5 Å². The van der Waals surface area contributed by atoms with Crippen molar-refractivity contribution in [3.63, 3.8) is 0 Å². The van der Waals surface area contributed by atoms with Crippen molar-refractivity contribution >= 4 is 18.1 Å². The molecule has 1 aromatic carbocycles. The van der Waals surface area contributed by atoms with Crippen LogP contribution in [0.25, 0.3) is 0 Å². The molecule has 0 saturated carbocycles. The standard InChI is InChI=1S/C19H26N2O3/c1-13-5-6-14(12-22)7-17(13)20-8-15-10-21(11-16(15)9-20)18(23)24-19(2,3)4/h5-7,12,15-16H,8-11H2,1-4H3. The average Bonchev–Trinajstić information content (AvgIpc) is 3.04. The fourth-order valence-corrected chi connectivity index (χ4v) is 3.71. The highest BCUT2D eigenvalue weighted by atomic mass is 16.6. The number of fused-ring (bicyclic) bond motifs is 1. The molecule has 2 atom stereocenters. The molecule has 5 nitrogen and oxygen atoms in total. The molecule has 0 aliphatic carbocycles. The van der Waals surface area contributed by atoms with Crippen LogP contribution in [0, 0.1) is 18.8 Å². The molecule has 0 spiro atoms. The van der Waals surface area contributed by atoms with Crippen molar-refractivity contribution in [1.82, 2.24) is 4.90 Å². The van der Waals surface area contributed by atoms with Gasteiger partial charge in [-0.15, -0.1) is 0 Å². The molecule has 2 fully saturated rings. The molecular formula is C19H26N2O3. The molecule has 130 valence electrons. The van der Waals surface area contributed by atoms with Crippen LogP contribution in [0.5, 0.6) is 0 Å². The molecule has 24 heavy (non-hydrogen) atoms. The van der Waals surface area contributed by atoms with Crippen molar-refractivity contribution in [2.24, 2.45) is 11.8 Å². The second kappa shape index (κ2) is 6.11. The molecular weight excluding hydrogens is 304 g/mol. The van der Waals surface area contributed by atoms with Gasteiger partial charge in [0.1, 0.15) is 11.9 Å². The molecule has 0 bridgehead atoms. The van der Waals surface area contributed by atoms with Crippen molar-refractivity contribution in [2.45, 2.75) is 33.3 Å². The zero-order valence-electron chi connectivity index (χ0n) is 14.9. The lowest BCUT2D eigenvalue weighted by Crippen LogP contribution is -2.37. The van der Waals surface area contributed by atoms with Crippen LogP contribution in [0.4, 0.5) is 10.5 Å². The Kier molecular flexibility index (Phi) is 4.28. The van der Waals surface area contributed by atoms with Crippen LogP contribution in [-0.4, -0.2) is 49.1 Å². The lowest BCUT2D eigenvalue weighted by molar-refractivity contribution is 0.0282. The van der Waals surface area contributed by atoms with Crippen LogP contribution in [0.2, 0.25) is 0 Å². The Morgan fingerprint density at radius 2 is 1.79 bits per heavy atom. The Morgan fingerprint density at radius 3 is 2.33 bits per heavy atom. The molecule has 2 aliphatic heterocycles. The number of likely N-dealkylation sites (tertiary alicyclic amines) is 1. The summed E-state index contributed by atoms with van der Waals surface area (Å²) in [5, 5.41) is 0. The van der Waals surface area contributed by atoms with Gasteiger partial charge in [0.05, 0.1) is 0 Å². The molecule has 2 unspecified atom stereocenters. The van der Waals surface area contributed by atoms with E-state index in [9.17, 15) is 9.59 Å². The van der Waals surface area contributed by atoms with E-state index in [1.807, 2.05) is 43.9 Å². The van der Waals surface area contributed by atoms with E-state index in [0.29, 0.717) is 17.4 Å². The quantitative estimate of drug-likeness (QED) is 0.782. The Hall–Kier alpha value is -2.04. The molecule has 3 rings (SSSR count). The third-order valence-corrected chi connectivity index (χ3v) is 4.85. The summed E-state index contributed by atoms with van der Waals surface area (Å²) >= 11 is 0. The van der Waals surface area contributed by atoms with Gasteiger partial charge in [-0.3, -0.25) is 4.79 Å². The number of aryl methyl sites for hydroxylation is 1. The molecule has 5 heteroatoms. The molecule has 0 radical (unpaired) electrons. The van der Waals surface area contributed by atoms with Gasteiger partial charge in [-0.05, 0) is 39.3 Å². The summed E-state index contributed by atoms with van der Waals surface area (Å²) in [4.78, 5) is 27.5. The molecule has 0 N–H and O–H groups in total. The zero-order chi connectivity index (χ0) is 17.5. The number of hydrogen-bond acceptors (Lipinski definition) is 4. The van der Waals surface area contributed by atoms with Gasteiger partial charge in [-0.2, -0.15) is 0 Å². The number of nitrogens with zero attached hydrogens (tertiary/aromatic N) is 2. The van der Waals surface area contributed by atoms with E-state index < -0.39 is 5.60 Å². The van der Waals surface area contributed by atoms with Crippen LogP contribution >= 0.6 is 0 Å². The SMILES string of the molecule is Cc1ccc(C=O)cc1N1CC2CN(C(=O)OC(C)(C)C)CC2C1. The summed E-state index contributed by atoms with van der Waals surface area (Å²) in [6.45, 7) is 11.1. The van der Waals surface area contributed by atoms with E-state index in [1.165, 1.54) is 5.56 Å². The first-order valence-corrected chi connectivity index (χ1v) is 8.55. The molecule has 2 heterocycles. The minimum atomic E-state index is -0.451. The molecule has 2 saturated heterocycles. The minimum absolute atomic E-state index is 0.206. The Bertz CT molecular complexity index is 637. The summed E-state index contributed by atoms with van der Waals surface area (Å²) in [6.07, 6.45) is 0.687. The van der Waals surface area contributed by atoms with Gasteiger partial charge in [-0.1, -0.05) is 12.1 Å². The summed E-state index contributed by atoms with van der Waals surface area (Å²) in [7, 11) is 0.